The first-order valence-electron chi connectivity index (χ1n) is 14.0. The van der Waals surface area contributed by atoms with Gasteiger partial charge in [0.15, 0.2) is 0 Å². The molecule has 1 N–H and O–H groups in total. The van der Waals surface area contributed by atoms with Crippen molar-refractivity contribution in [3.63, 3.8) is 0 Å². The molecule has 1 nitrogen and oxygen atoms in total. The monoisotopic (exact) mass is 410 g/mol. The van der Waals surface area contributed by atoms with Gasteiger partial charge in [0.05, 0.1) is 0 Å². The molecule has 29 heavy (non-hydrogen) atoms. The lowest BCUT2D eigenvalue weighted by atomic mass is 9.94. The van der Waals surface area contributed by atoms with Crippen LogP contribution in [0.2, 0.25) is 0 Å². The van der Waals surface area contributed by atoms with Gasteiger partial charge < -0.3 is 5.11 Å². The molecule has 0 bridgehead atoms. The lowest BCUT2D eigenvalue weighted by Crippen LogP contribution is -2.06. The van der Waals surface area contributed by atoms with Crippen molar-refractivity contribution in [1.82, 2.24) is 0 Å². The summed E-state index contributed by atoms with van der Waals surface area (Å²) >= 11 is 0. The van der Waals surface area contributed by atoms with Crippen LogP contribution in [0.1, 0.15) is 168 Å². The van der Waals surface area contributed by atoms with Gasteiger partial charge in [-0.1, -0.05) is 155 Å². The molecule has 0 saturated carbocycles. The van der Waals surface area contributed by atoms with E-state index in [-0.39, 0.29) is 0 Å². The number of rotatable bonds is 25. The lowest BCUT2D eigenvalue weighted by molar-refractivity contribution is 0.204. The maximum atomic E-state index is 9.65. The number of unbranched alkanes of at least 4 members (excludes halogenated alkanes) is 20. The first kappa shape index (κ1) is 29.0. The topological polar surface area (TPSA) is 20.2 Å². The molecule has 0 amide bonds. The Balaban J connectivity index is 3.27. The van der Waals surface area contributed by atoms with E-state index < -0.39 is 0 Å². The minimum atomic E-state index is 0.412. The SMILES string of the molecule is CCCCCCCCCCCCCC[C@H](CO)CCCCCCCCCCCC. The van der Waals surface area contributed by atoms with E-state index in [4.69, 9.17) is 0 Å². The predicted molar refractivity (Wildman–Crippen MR) is 133 cm³/mol. The van der Waals surface area contributed by atoms with Crippen LogP contribution in [0.25, 0.3) is 0 Å². The Morgan fingerprint density at radius 1 is 0.379 bits per heavy atom. The number of hydrogen-bond donors (Lipinski definition) is 1. The van der Waals surface area contributed by atoms with Crippen LogP contribution in [-0.2, 0) is 0 Å². The van der Waals surface area contributed by atoms with Crippen LogP contribution in [0.15, 0.2) is 0 Å². The Hall–Kier alpha value is -0.0400. The first-order chi connectivity index (χ1) is 14.3. The average molecular weight is 411 g/mol. The van der Waals surface area contributed by atoms with Crippen molar-refractivity contribution in [2.75, 3.05) is 6.61 Å². The molecule has 0 spiro atoms. The van der Waals surface area contributed by atoms with Crippen LogP contribution in [-0.4, -0.2) is 11.7 Å². The summed E-state index contributed by atoms with van der Waals surface area (Å²) in [6.45, 7) is 4.99. The highest BCUT2D eigenvalue weighted by molar-refractivity contribution is 4.60. The second kappa shape index (κ2) is 26.0. The van der Waals surface area contributed by atoms with Crippen LogP contribution in [0.4, 0.5) is 0 Å². The number of hydrogen-bond acceptors (Lipinski definition) is 1. The normalized spacial score (nSPS) is 12.5. The molecule has 0 rings (SSSR count). The van der Waals surface area contributed by atoms with Crippen LogP contribution < -0.4 is 0 Å². The number of aliphatic hydroxyl groups is 1. The maximum Gasteiger partial charge on any atom is 0.0459 e. The van der Waals surface area contributed by atoms with Crippen LogP contribution in [0.5, 0.6) is 0 Å². The molecule has 176 valence electrons. The summed E-state index contributed by atoms with van der Waals surface area (Å²) in [7, 11) is 0. The maximum absolute atomic E-state index is 9.65. The minimum absolute atomic E-state index is 0.412. The molecule has 0 aliphatic carbocycles. The summed E-state index contributed by atoms with van der Waals surface area (Å²) in [6.07, 6.45) is 33.6. The molecule has 0 aromatic carbocycles. The van der Waals surface area contributed by atoms with Gasteiger partial charge in [-0.25, -0.2) is 0 Å². The molecule has 0 heterocycles. The standard InChI is InChI=1S/C28H58O/c1-3-5-7-9-11-13-15-16-18-20-22-24-26-28(27-29)25-23-21-19-17-14-12-10-8-6-4-2/h28-29H,3-27H2,1-2H3/t28-/m1/s1. The number of aliphatic hydroxyl groups excluding tert-OH is 1. The van der Waals surface area contributed by atoms with E-state index in [0.717, 1.165) is 0 Å². The molecular weight excluding hydrogens is 352 g/mol. The Kier molecular flexibility index (Phi) is 26.0. The van der Waals surface area contributed by atoms with E-state index in [2.05, 4.69) is 13.8 Å². The fourth-order valence-electron chi connectivity index (χ4n) is 4.52. The zero-order valence-electron chi connectivity index (χ0n) is 20.7. The second-order valence-corrected chi connectivity index (χ2v) is 9.70. The van der Waals surface area contributed by atoms with Crippen molar-refractivity contribution in [2.24, 2.45) is 5.92 Å². The molecule has 0 aromatic heterocycles. The first-order valence-corrected chi connectivity index (χ1v) is 14.0. The molecule has 0 aliphatic heterocycles. The van der Waals surface area contributed by atoms with E-state index in [1.54, 1.807) is 0 Å². The minimum Gasteiger partial charge on any atom is -0.396 e. The van der Waals surface area contributed by atoms with Crippen LogP contribution >= 0.6 is 0 Å². The van der Waals surface area contributed by atoms with Crippen molar-refractivity contribution >= 4 is 0 Å². The Bertz CT molecular complexity index is 275. The molecule has 0 radical (unpaired) electrons. The van der Waals surface area contributed by atoms with Crippen LogP contribution in [0, 0.1) is 5.92 Å². The summed E-state index contributed by atoms with van der Waals surface area (Å²) in [4.78, 5) is 0. The smallest absolute Gasteiger partial charge is 0.0459 e. The molecule has 0 saturated heterocycles. The predicted octanol–water partition coefficient (Wildman–Crippen LogP) is 10.00. The van der Waals surface area contributed by atoms with Gasteiger partial charge in [-0.15, -0.1) is 0 Å². The van der Waals surface area contributed by atoms with Gasteiger partial charge in [0.1, 0.15) is 0 Å². The lowest BCUT2D eigenvalue weighted by Gasteiger charge is -2.13. The zero-order chi connectivity index (χ0) is 21.3. The van der Waals surface area contributed by atoms with Gasteiger partial charge in [-0.2, -0.15) is 0 Å². The second-order valence-electron chi connectivity index (χ2n) is 9.70. The third-order valence-electron chi connectivity index (χ3n) is 6.69. The molecule has 1 atom stereocenters. The molecule has 0 aliphatic rings. The van der Waals surface area contributed by atoms with Crippen molar-refractivity contribution in [1.29, 1.82) is 0 Å². The van der Waals surface area contributed by atoms with E-state index in [1.165, 1.54) is 154 Å². The highest BCUT2D eigenvalue weighted by Gasteiger charge is 2.07. The van der Waals surface area contributed by atoms with Crippen molar-refractivity contribution in [3.05, 3.63) is 0 Å². The van der Waals surface area contributed by atoms with Gasteiger partial charge in [0.2, 0.25) is 0 Å². The molecular formula is C28H58O. The van der Waals surface area contributed by atoms with Gasteiger partial charge in [-0.3, -0.25) is 0 Å². The van der Waals surface area contributed by atoms with Crippen LogP contribution in [0.3, 0.4) is 0 Å². The Morgan fingerprint density at radius 2 is 0.621 bits per heavy atom. The van der Waals surface area contributed by atoms with Crippen molar-refractivity contribution in [2.45, 2.75) is 168 Å². The highest BCUT2D eigenvalue weighted by atomic mass is 16.3. The van der Waals surface area contributed by atoms with Gasteiger partial charge in [0.25, 0.3) is 0 Å². The van der Waals surface area contributed by atoms with E-state index in [0.29, 0.717) is 12.5 Å². The summed E-state index contributed by atoms with van der Waals surface area (Å²) in [5, 5.41) is 9.65. The van der Waals surface area contributed by atoms with E-state index >= 15 is 0 Å². The van der Waals surface area contributed by atoms with Crippen molar-refractivity contribution in [3.8, 4) is 0 Å². The summed E-state index contributed by atoms with van der Waals surface area (Å²) < 4.78 is 0. The highest BCUT2D eigenvalue weighted by Crippen LogP contribution is 2.19. The Morgan fingerprint density at radius 3 is 0.862 bits per heavy atom. The fourth-order valence-corrected chi connectivity index (χ4v) is 4.52. The summed E-state index contributed by atoms with van der Waals surface area (Å²) in [6, 6.07) is 0. The van der Waals surface area contributed by atoms with E-state index in [1.807, 2.05) is 0 Å². The molecule has 1 heteroatoms. The molecule has 0 aromatic rings. The van der Waals surface area contributed by atoms with Gasteiger partial charge in [-0.05, 0) is 18.8 Å². The van der Waals surface area contributed by atoms with E-state index in [9.17, 15) is 5.11 Å². The van der Waals surface area contributed by atoms with Gasteiger partial charge in [0, 0.05) is 6.61 Å². The molecule has 0 fully saturated rings. The molecule has 0 unspecified atom stereocenters. The average Bonchev–Trinajstić information content (AvgIpc) is 2.74. The third-order valence-corrected chi connectivity index (χ3v) is 6.69. The zero-order valence-corrected chi connectivity index (χ0v) is 20.7. The summed E-state index contributed by atoms with van der Waals surface area (Å²) in [5.74, 6) is 0.576. The van der Waals surface area contributed by atoms with Gasteiger partial charge >= 0.3 is 0 Å². The quantitative estimate of drug-likeness (QED) is 0.148. The summed E-state index contributed by atoms with van der Waals surface area (Å²) in [5.41, 5.74) is 0. The Labute approximate surface area is 185 Å². The van der Waals surface area contributed by atoms with Crippen molar-refractivity contribution < 1.29 is 5.11 Å². The third kappa shape index (κ3) is 24.1. The largest absolute Gasteiger partial charge is 0.396 e. The fraction of sp³-hybridized carbons (Fsp3) is 1.00.